The Morgan fingerprint density at radius 1 is 1.53 bits per heavy atom. The minimum atomic E-state index is -0.418. The smallest absolute Gasteiger partial charge is 0.345 e. The summed E-state index contributed by atoms with van der Waals surface area (Å²) in [4.78, 5) is 16.3. The summed E-state index contributed by atoms with van der Waals surface area (Å²) in [6.45, 7) is 8.07. The monoisotopic (exact) mass is 258 g/mol. The Kier molecular flexibility index (Phi) is 5.85. The summed E-state index contributed by atoms with van der Waals surface area (Å²) < 4.78 is 0. The quantitative estimate of drug-likeness (QED) is 0.571. The van der Waals surface area contributed by atoms with E-state index in [4.69, 9.17) is 0 Å². The summed E-state index contributed by atoms with van der Waals surface area (Å²) in [5.41, 5.74) is 0. The molecule has 1 aromatic heterocycles. The fraction of sp³-hybridized carbons (Fsp3) is 0.700. The first-order chi connectivity index (χ1) is 8.17. The van der Waals surface area contributed by atoms with Gasteiger partial charge >= 0.3 is 5.00 Å². The Morgan fingerprint density at radius 3 is 2.82 bits per heavy atom. The topological polar surface area (TPSA) is 71.3 Å². The van der Waals surface area contributed by atoms with Crippen molar-refractivity contribution >= 4 is 21.5 Å². The van der Waals surface area contributed by atoms with Gasteiger partial charge in [0.05, 0.1) is 4.92 Å². The van der Waals surface area contributed by atoms with Gasteiger partial charge in [0, 0.05) is 13.1 Å². The van der Waals surface area contributed by atoms with Crippen LogP contribution in [0.3, 0.4) is 0 Å². The van der Waals surface area contributed by atoms with Crippen LogP contribution in [0.25, 0.3) is 0 Å². The highest BCUT2D eigenvalue weighted by atomic mass is 32.1. The molecule has 0 radical (unpaired) electrons. The second kappa shape index (κ2) is 7.18. The van der Waals surface area contributed by atoms with E-state index in [1.807, 2.05) is 0 Å². The van der Waals surface area contributed by atoms with E-state index >= 15 is 0 Å². The van der Waals surface area contributed by atoms with Gasteiger partial charge in [-0.3, -0.25) is 10.1 Å². The van der Waals surface area contributed by atoms with E-state index in [0.717, 1.165) is 43.9 Å². The Labute approximate surface area is 105 Å². The maximum Gasteiger partial charge on any atom is 0.345 e. The van der Waals surface area contributed by atoms with Crippen molar-refractivity contribution in [2.75, 3.05) is 31.5 Å². The molecule has 6 nitrogen and oxygen atoms in total. The van der Waals surface area contributed by atoms with Gasteiger partial charge in [-0.25, -0.2) is 4.98 Å². The molecule has 1 heterocycles. The van der Waals surface area contributed by atoms with Gasteiger partial charge in [-0.1, -0.05) is 13.8 Å². The van der Waals surface area contributed by atoms with E-state index in [0.29, 0.717) is 5.13 Å². The standard InChI is InChI=1S/C10H18N4O2S/c1-3-6-13(4-2)7-5-11-10-12-8-9(17-10)14(15)16/h8H,3-7H2,1-2H3,(H,11,12). The molecule has 7 heteroatoms. The first-order valence-electron chi connectivity index (χ1n) is 5.73. The van der Waals surface area contributed by atoms with Crippen LogP contribution >= 0.6 is 11.3 Å². The largest absolute Gasteiger partial charge is 0.360 e. The van der Waals surface area contributed by atoms with E-state index in [-0.39, 0.29) is 5.00 Å². The summed E-state index contributed by atoms with van der Waals surface area (Å²) in [6, 6.07) is 0. The van der Waals surface area contributed by atoms with Gasteiger partial charge in [0.1, 0.15) is 6.20 Å². The lowest BCUT2D eigenvalue weighted by Crippen LogP contribution is -2.29. The van der Waals surface area contributed by atoms with E-state index in [1.54, 1.807) is 0 Å². The van der Waals surface area contributed by atoms with Gasteiger partial charge in [-0.2, -0.15) is 0 Å². The third-order valence-corrected chi connectivity index (χ3v) is 3.27. The SMILES string of the molecule is CCCN(CC)CCNc1ncc([N+](=O)[O-])s1. The van der Waals surface area contributed by atoms with Gasteiger partial charge in [0.25, 0.3) is 0 Å². The zero-order valence-electron chi connectivity index (χ0n) is 10.2. The van der Waals surface area contributed by atoms with Crippen molar-refractivity contribution in [3.63, 3.8) is 0 Å². The number of likely N-dealkylation sites (N-methyl/N-ethyl adjacent to an activating group) is 1. The van der Waals surface area contributed by atoms with E-state index < -0.39 is 4.92 Å². The molecule has 0 aliphatic rings. The molecule has 0 spiro atoms. The van der Waals surface area contributed by atoms with Crippen LogP contribution in [0.2, 0.25) is 0 Å². The van der Waals surface area contributed by atoms with Crippen molar-refractivity contribution in [3.8, 4) is 0 Å². The van der Waals surface area contributed by atoms with Crippen molar-refractivity contribution < 1.29 is 4.92 Å². The number of hydrogen-bond donors (Lipinski definition) is 1. The van der Waals surface area contributed by atoms with Crippen LogP contribution in [0.5, 0.6) is 0 Å². The predicted molar refractivity (Wildman–Crippen MR) is 69.7 cm³/mol. The van der Waals surface area contributed by atoms with Crippen molar-refractivity contribution in [2.45, 2.75) is 20.3 Å². The molecule has 0 saturated carbocycles. The summed E-state index contributed by atoms with van der Waals surface area (Å²) in [7, 11) is 0. The third kappa shape index (κ3) is 4.66. The molecule has 0 atom stereocenters. The van der Waals surface area contributed by atoms with Crippen LogP contribution in [0.4, 0.5) is 10.1 Å². The molecule has 17 heavy (non-hydrogen) atoms. The van der Waals surface area contributed by atoms with Gasteiger partial charge in [-0.15, -0.1) is 0 Å². The number of nitro groups is 1. The molecule has 0 saturated heterocycles. The fourth-order valence-electron chi connectivity index (χ4n) is 1.50. The normalized spacial score (nSPS) is 10.8. The third-order valence-electron chi connectivity index (χ3n) is 2.36. The molecule has 0 aliphatic heterocycles. The van der Waals surface area contributed by atoms with Gasteiger partial charge in [0.15, 0.2) is 5.13 Å². The zero-order chi connectivity index (χ0) is 12.7. The molecule has 0 unspecified atom stereocenters. The predicted octanol–water partition coefficient (Wildman–Crippen LogP) is 2.20. The first kappa shape index (κ1) is 13.9. The number of nitrogens with zero attached hydrogens (tertiary/aromatic N) is 3. The summed E-state index contributed by atoms with van der Waals surface area (Å²) in [6.07, 6.45) is 2.42. The van der Waals surface area contributed by atoms with Crippen molar-refractivity contribution in [3.05, 3.63) is 16.3 Å². The van der Waals surface area contributed by atoms with E-state index in [2.05, 4.69) is 29.0 Å². The Bertz CT molecular complexity index is 356. The fourth-order valence-corrected chi connectivity index (χ4v) is 2.15. The molecule has 96 valence electrons. The lowest BCUT2D eigenvalue weighted by atomic mass is 10.4. The summed E-state index contributed by atoms with van der Waals surface area (Å²) >= 11 is 1.07. The second-order valence-corrected chi connectivity index (χ2v) is 4.63. The maximum absolute atomic E-state index is 10.5. The molecular formula is C10H18N4O2S. The molecular weight excluding hydrogens is 240 g/mol. The number of aromatic nitrogens is 1. The Balaban J connectivity index is 2.32. The molecule has 0 amide bonds. The van der Waals surface area contributed by atoms with E-state index in [1.165, 1.54) is 6.20 Å². The average molecular weight is 258 g/mol. The molecule has 1 N–H and O–H groups in total. The summed E-state index contributed by atoms with van der Waals surface area (Å²) in [5.74, 6) is 0. The van der Waals surface area contributed by atoms with Crippen LogP contribution < -0.4 is 5.32 Å². The lowest BCUT2D eigenvalue weighted by molar-refractivity contribution is -0.380. The highest BCUT2D eigenvalue weighted by Crippen LogP contribution is 2.24. The maximum atomic E-state index is 10.5. The van der Waals surface area contributed by atoms with Crippen LogP contribution in [0, 0.1) is 10.1 Å². The minimum absolute atomic E-state index is 0.0772. The lowest BCUT2D eigenvalue weighted by Gasteiger charge is -2.19. The van der Waals surface area contributed by atoms with Crippen molar-refractivity contribution in [2.24, 2.45) is 0 Å². The highest BCUT2D eigenvalue weighted by molar-refractivity contribution is 7.18. The summed E-state index contributed by atoms with van der Waals surface area (Å²) in [5, 5.41) is 14.3. The first-order valence-corrected chi connectivity index (χ1v) is 6.55. The van der Waals surface area contributed by atoms with Gasteiger partial charge < -0.3 is 10.2 Å². The van der Waals surface area contributed by atoms with Crippen LogP contribution in [0.15, 0.2) is 6.20 Å². The molecule has 0 aliphatic carbocycles. The number of nitrogens with one attached hydrogen (secondary N) is 1. The Hall–Kier alpha value is -1.21. The zero-order valence-corrected chi connectivity index (χ0v) is 11.0. The number of thiazole rings is 1. The van der Waals surface area contributed by atoms with Gasteiger partial charge in [0.2, 0.25) is 0 Å². The molecule has 0 fully saturated rings. The van der Waals surface area contributed by atoms with Crippen molar-refractivity contribution in [1.82, 2.24) is 9.88 Å². The number of anilines is 1. The minimum Gasteiger partial charge on any atom is -0.360 e. The number of rotatable bonds is 8. The Morgan fingerprint density at radius 2 is 2.29 bits per heavy atom. The van der Waals surface area contributed by atoms with E-state index in [9.17, 15) is 10.1 Å². The molecule has 1 aromatic rings. The van der Waals surface area contributed by atoms with Crippen LogP contribution in [-0.2, 0) is 0 Å². The number of hydrogen-bond acceptors (Lipinski definition) is 6. The van der Waals surface area contributed by atoms with Crippen LogP contribution in [0.1, 0.15) is 20.3 Å². The molecule has 1 rings (SSSR count). The molecule has 0 bridgehead atoms. The van der Waals surface area contributed by atoms with Gasteiger partial charge in [-0.05, 0) is 30.8 Å². The highest BCUT2D eigenvalue weighted by Gasteiger charge is 2.10. The van der Waals surface area contributed by atoms with Crippen LogP contribution in [-0.4, -0.2) is 41.0 Å². The van der Waals surface area contributed by atoms with Crippen molar-refractivity contribution in [1.29, 1.82) is 0 Å². The average Bonchev–Trinajstić information content (AvgIpc) is 2.77. The second-order valence-electron chi connectivity index (χ2n) is 3.62. The molecule has 0 aromatic carbocycles.